The topological polar surface area (TPSA) is 106 Å². The molecule has 106 valence electrons. The van der Waals surface area contributed by atoms with Crippen molar-refractivity contribution in [2.75, 3.05) is 31.6 Å². The fraction of sp³-hybridized carbons (Fsp3) is 0.909. The van der Waals surface area contributed by atoms with E-state index in [1.165, 1.54) is 12.8 Å². The molecule has 1 unspecified atom stereocenters. The van der Waals surface area contributed by atoms with E-state index in [-0.39, 0.29) is 24.0 Å². The quantitative estimate of drug-likeness (QED) is 0.559. The van der Waals surface area contributed by atoms with Gasteiger partial charge in [0.25, 0.3) is 0 Å². The average Bonchev–Trinajstić information content (AvgIpc) is 3.09. The Bertz CT molecular complexity index is 379. The van der Waals surface area contributed by atoms with E-state index in [1.54, 1.807) is 0 Å². The maximum Gasteiger partial charge on any atom is 0.218 e. The van der Waals surface area contributed by atoms with Gasteiger partial charge in [0.2, 0.25) is 5.91 Å². The summed E-state index contributed by atoms with van der Waals surface area (Å²) in [5, 5.41) is 0. The molecule has 7 heteroatoms. The zero-order valence-electron chi connectivity index (χ0n) is 10.8. The van der Waals surface area contributed by atoms with E-state index in [0.717, 1.165) is 0 Å². The first kappa shape index (κ1) is 15.4. The molecule has 0 heterocycles. The molecule has 0 radical (unpaired) electrons. The van der Waals surface area contributed by atoms with Crippen LogP contribution < -0.4 is 11.5 Å². The summed E-state index contributed by atoms with van der Waals surface area (Å²) in [6, 6.07) is 0.274. The molecule has 0 aromatic carbocycles. The number of carbonyl (C=O) groups excluding carboxylic acids is 1. The standard InChI is InChI=1S/C11H23N3O3S/c1-14(10(8-12)9-2-3-9)5-7-18(16,17)6-4-11(13)15/h9-10H,2-8,12H2,1H3,(H2,13,15). The summed E-state index contributed by atoms with van der Waals surface area (Å²) in [6.45, 7) is 1.02. The van der Waals surface area contributed by atoms with Crippen molar-refractivity contribution in [2.24, 2.45) is 17.4 Å². The van der Waals surface area contributed by atoms with E-state index in [4.69, 9.17) is 11.5 Å². The Labute approximate surface area is 109 Å². The number of carbonyl (C=O) groups is 1. The molecule has 0 saturated heterocycles. The Morgan fingerprint density at radius 1 is 1.39 bits per heavy atom. The van der Waals surface area contributed by atoms with Crippen LogP contribution in [0.3, 0.4) is 0 Å². The van der Waals surface area contributed by atoms with Crippen LogP contribution >= 0.6 is 0 Å². The highest BCUT2D eigenvalue weighted by Crippen LogP contribution is 2.34. The summed E-state index contributed by atoms with van der Waals surface area (Å²) in [7, 11) is -1.30. The van der Waals surface area contributed by atoms with Crippen molar-refractivity contribution in [1.82, 2.24) is 4.90 Å². The zero-order valence-corrected chi connectivity index (χ0v) is 11.7. The molecule has 18 heavy (non-hydrogen) atoms. The van der Waals surface area contributed by atoms with Crippen molar-refractivity contribution in [3.05, 3.63) is 0 Å². The van der Waals surface area contributed by atoms with Gasteiger partial charge in [-0.2, -0.15) is 0 Å². The lowest BCUT2D eigenvalue weighted by Gasteiger charge is -2.26. The van der Waals surface area contributed by atoms with E-state index in [2.05, 4.69) is 0 Å². The number of hydrogen-bond acceptors (Lipinski definition) is 5. The molecule has 0 bridgehead atoms. The third-order valence-electron chi connectivity index (χ3n) is 3.39. The fourth-order valence-corrected chi connectivity index (χ4v) is 3.30. The first-order valence-corrected chi connectivity index (χ1v) is 8.07. The van der Waals surface area contributed by atoms with E-state index in [1.807, 2.05) is 11.9 Å². The van der Waals surface area contributed by atoms with Gasteiger partial charge in [-0.1, -0.05) is 0 Å². The minimum atomic E-state index is -3.20. The second kappa shape index (κ2) is 6.49. The maximum atomic E-state index is 11.7. The minimum Gasteiger partial charge on any atom is -0.370 e. The van der Waals surface area contributed by atoms with Crippen LogP contribution in [0.1, 0.15) is 19.3 Å². The van der Waals surface area contributed by atoms with Crippen LogP contribution in [0.15, 0.2) is 0 Å². The Morgan fingerprint density at radius 2 is 2.00 bits per heavy atom. The van der Waals surface area contributed by atoms with Gasteiger partial charge in [-0.3, -0.25) is 4.79 Å². The number of nitrogens with zero attached hydrogens (tertiary/aromatic N) is 1. The van der Waals surface area contributed by atoms with Crippen LogP contribution in [0.4, 0.5) is 0 Å². The third-order valence-corrected chi connectivity index (χ3v) is 5.02. The molecule has 6 nitrogen and oxygen atoms in total. The Morgan fingerprint density at radius 3 is 2.44 bits per heavy atom. The van der Waals surface area contributed by atoms with Gasteiger partial charge in [-0.05, 0) is 25.8 Å². The van der Waals surface area contributed by atoms with Gasteiger partial charge >= 0.3 is 0 Å². The van der Waals surface area contributed by atoms with Gasteiger partial charge in [-0.15, -0.1) is 0 Å². The van der Waals surface area contributed by atoms with Gasteiger partial charge in [0.1, 0.15) is 0 Å². The molecule has 1 aliphatic carbocycles. The van der Waals surface area contributed by atoms with Crippen molar-refractivity contribution >= 4 is 15.7 Å². The number of sulfone groups is 1. The summed E-state index contributed by atoms with van der Waals surface area (Å²) in [6.07, 6.45) is 2.26. The van der Waals surface area contributed by atoms with Gasteiger partial charge in [0.15, 0.2) is 9.84 Å². The van der Waals surface area contributed by atoms with Crippen LogP contribution in [0, 0.1) is 5.92 Å². The smallest absolute Gasteiger partial charge is 0.218 e. The Kier molecular flexibility index (Phi) is 5.55. The highest BCUT2D eigenvalue weighted by atomic mass is 32.2. The number of hydrogen-bond donors (Lipinski definition) is 2. The average molecular weight is 277 g/mol. The van der Waals surface area contributed by atoms with Crippen LogP contribution in [-0.2, 0) is 14.6 Å². The monoisotopic (exact) mass is 277 g/mol. The maximum absolute atomic E-state index is 11.7. The summed E-state index contributed by atoms with van der Waals surface area (Å²) < 4.78 is 23.3. The minimum absolute atomic E-state index is 0.0556. The highest BCUT2D eigenvalue weighted by molar-refractivity contribution is 7.91. The summed E-state index contributed by atoms with van der Waals surface area (Å²) in [5.41, 5.74) is 10.6. The molecule has 4 N–H and O–H groups in total. The van der Waals surface area contributed by atoms with Crippen molar-refractivity contribution in [2.45, 2.75) is 25.3 Å². The molecule has 0 aromatic heterocycles. The second-order valence-electron chi connectivity index (χ2n) is 4.99. The number of rotatable bonds is 9. The summed E-state index contributed by atoms with van der Waals surface area (Å²) in [5.74, 6) is -0.0644. The lowest BCUT2D eigenvalue weighted by atomic mass is 10.1. The van der Waals surface area contributed by atoms with E-state index >= 15 is 0 Å². The van der Waals surface area contributed by atoms with Crippen molar-refractivity contribution < 1.29 is 13.2 Å². The van der Waals surface area contributed by atoms with Crippen LogP contribution in [0.5, 0.6) is 0 Å². The van der Waals surface area contributed by atoms with Crippen LogP contribution in [-0.4, -0.2) is 56.9 Å². The van der Waals surface area contributed by atoms with Crippen LogP contribution in [0.2, 0.25) is 0 Å². The SMILES string of the molecule is CN(CCS(=O)(=O)CCC(N)=O)C(CN)C1CC1. The predicted octanol–water partition coefficient (Wildman–Crippen LogP) is -1.05. The van der Waals surface area contributed by atoms with Crippen molar-refractivity contribution in [3.63, 3.8) is 0 Å². The fourth-order valence-electron chi connectivity index (χ4n) is 2.02. The lowest BCUT2D eigenvalue weighted by Crippen LogP contribution is -2.42. The molecule has 0 spiro atoms. The molecule has 1 atom stereocenters. The number of primary amides is 1. The first-order valence-electron chi connectivity index (χ1n) is 6.25. The number of amides is 1. The normalized spacial score (nSPS) is 17.9. The molecular formula is C11H23N3O3S. The highest BCUT2D eigenvalue weighted by Gasteiger charge is 2.33. The number of likely N-dealkylation sites (N-methyl/N-ethyl adjacent to an activating group) is 1. The molecule has 0 aromatic rings. The Balaban J connectivity index is 2.36. The predicted molar refractivity (Wildman–Crippen MR) is 70.7 cm³/mol. The van der Waals surface area contributed by atoms with Gasteiger partial charge in [0.05, 0.1) is 11.5 Å². The molecule has 1 aliphatic rings. The first-order chi connectivity index (χ1) is 8.35. The molecule has 1 amide bonds. The van der Waals surface area contributed by atoms with E-state index in [0.29, 0.717) is 19.0 Å². The summed E-state index contributed by atoms with van der Waals surface area (Å²) in [4.78, 5) is 12.6. The molecule has 1 rings (SSSR count). The number of nitrogens with two attached hydrogens (primary N) is 2. The van der Waals surface area contributed by atoms with E-state index < -0.39 is 15.7 Å². The lowest BCUT2D eigenvalue weighted by molar-refractivity contribution is -0.117. The van der Waals surface area contributed by atoms with Crippen molar-refractivity contribution in [3.8, 4) is 0 Å². The second-order valence-corrected chi connectivity index (χ2v) is 7.29. The largest absolute Gasteiger partial charge is 0.370 e. The van der Waals surface area contributed by atoms with Gasteiger partial charge < -0.3 is 16.4 Å². The van der Waals surface area contributed by atoms with Gasteiger partial charge in [0, 0.05) is 25.6 Å². The molecule has 1 fully saturated rings. The van der Waals surface area contributed by atoms with Crippen LogP contribution in [0.25, 0.3) is 0 Å². The zero-order chi connectivity index (χ0) is 13.8. The van der Waals surface area contributed by atoms with E-state index in [9.17, 15) is 13.2 Å². The van der Waals surface area contributed by atoms with Gasteiger partial charge in [-0.25, -0.2) is 8.42 Å². The third kappa shape index (κ3) is 5.32. The molecule has 0 aliphatic heterocycles. The van der Waals surface area contributed by atoms with Crippen molar-refractivity contribution in [1.29, 1.82) is 0 Å². The Hall–Kier alpha value is -0.660. The summed E-state index contributed by atoms with van der Waals surface area (Å²) >= 11 is 0. The molecular weight excluding hydrogens is 254 g/mol. The molecule has 1 saturated carbocycles.